The molecule has 0 radical (unpaired) electrons. The first-order chi connectivity index (χ1) is 11.8. The molecule has 144 valence electrons. The van der Waals surface area contributed by atoms with Crippen molar-refractivity contribution in [3.8, 4) is 0 Å². The number of carbonyl (C=O) groups is 1. The van der Waals surface area contributed by atoms with Crippen molar-refractivity contribution in [1.29, 1.82) is 0 Å². The number of nitrogens with one attached hydrogen (secondary N) is 1. The van der Waals surface area contributed by atoms with Crippen molar-refractivity contribution in [3.63, 3.8) is 0 Å². The molecule has 0 bridgehead atoms. The second-order valence-corrected chi connectivity index (χ2v) is 8.72. The number of aliphatic hydroxyl groups is 2. The highest BCUT2D eigenvalue weighted by Gasteiger charge is 2.52. The monoisotopic (exact) mass is 373 g/mol. The molecule has 1 saturated carbocycles. The number of thioether (sulfide) groups is 1. The maximum absolute atomic E-state index is 12.8. The zero-order valence-corrected chi connectivity index (χ0v) is 16.0. The summed E-state index contributed by atoms with van der Waals surface area (Å²) in [5.41, 5.74) is 5.82. The van der Waals surface area contributed by atoms with Crippen LogP contribution in [0.5, 0.6) is 0 Å². The SMILES string of the molecule is CS[C@H]1O[C@H]([C@H](NC(=O)[C@@H]2CCCN2C)[C@H]2C[C@@H]2N)[C@H](O)[C@H](O)[C@H]1C. The Labute approximate surface area is 153 Å². The molecular weight excluding hydrogens is 342 g/mol. The van der Waals surface area contributed by atoms with Crippen molar-refractivity contribution >= 4 is 17.7 Å². The normalized spacial score (nSPS) is 46.0. The Hall–Kier alpha value is -0.380. The number of rotatable bonds is 5. The first kappa shape index (κ1) is 19.4. The fourth-order valence-corrected chi connectivity index (χ4v) is 5.01. The van der Waals surface area contributed by atoms with E-state index in [9.17, 15) is 15.0 Å². The summed E-state index contributed by atoms with van der Waals surface area (Å²) in [6.07, 6.45) is 2.03. The van der Waals surface area contributed by atoms with E-state index in [1.54, 1.807) is 0 Å². The van der Waals surface area contributed by atoms with Gasteiger partial charge in [0.25, 0.3) is 0 Å². The maximum atomic E-state index is 12.8. The summed E-state index contributed by atoms with van der Waals surface area (Å²) in [5, 5.41) is 24.1. The van der Waals surface area contributed by atoms with Gasteiger partial charge in [0.05, 0.1) is 18.2 Å². The van der Waals surface area contributed by atoms with Gasteiger partial charge in [0, 0.05) is 12.0 Å². The standard InChI is InChI=1S/C17H31N3O4S/c1-8-13(21)14(22)15(24-17(8)25-3)12(9-7-10(9)18)19-16(23)11-5-4-6-20(11)2/h8-15,17,21-22H,4-7,18H2,1-3H3,(H,19,23)/t8-,9+,10+,11+,12-,13-,14-,15-,17-/m1/s1. The Kier molecular flexibility index (Phi) is 5.97. The third-order valence-corrected chi connectivity index (χ3v) is 7.02. The molecule has 2 aliphatic heterocycles. The Morgan fingerprint density at radius 2 is 2.08 bits per heavy atom. The lowest BCUT2D eigenvalue weighted by Crippen LogP contribution is -2.62. The van der Waals surface area contributed by atoms with Crippen molar-refractivity contribution < 1.29 is 19.7 Å². The van der Waals surface area contributed by atoms with Gasteiger partial charge in [-0.25, -0.2) is 0 Å². The van der Waals surface area contributed by atoms with Gasteiger partial charge in [-0.3, -0.25) is 9.69 Å². The fraction of sp³-hybridized carbons (Fsp3) is 0.941. The largest absolute Gasteiger partial charge is 0.390 e. The van der Waals surface area contributed by atoms with Gasteiger partial charge >= 0.3 is 0 Å². The van der Waals surface area contributed by atoms with Gasteiger partial charge in [-0.15, -0.1) is 11.8 Å². The summed E-state index contributed by atoms with van der Waals surface area (Å²) in [4.78, 5) is 14.8. The fourth-order valence-electron chi connectivity index (χ4n) is 4.18. The minimum absolute atomic E-state index is 0.00614. The van der Waals surface area contributed by atoms with Gasteiger partial charge in [0.15, 0.2) is 0 Å². The second-order valence-electron chi connectivity index (χ2n) is 7.78. The molecule has 2 heterocycles. The van der Waals surface area contributed by atoms with Crippen molar-refractivity contribution in [1.82, 2.24) is 10.2 Å². The molecule has 0 aromatic heterocycles. The van der Waals surface area contributed by atoms with Crippen molar-refractivity contribution in [2.45, 2.75) is 68.1 Å². The second kappa shape index (κ2) is 7.70. The van der Waals surface area contributed by atoms with Crippen LogP contribution in [0.2, 0.25) is 0 Å². The topological polar surface area (TPSA) is 108 Å². The number of carbonyl (C=O) groups excluding carboxylic acids is 1. The molecule has 1 aliphatic carbocycles. The molecule has 8 heteroatoms. The van der Waals surface area contributed by atoms with Gasteiger partial charge in [0.1, 0.15) is 17.6 Å². The van der Waals surface area contributed by atoms with Gasteiger partial charge < -0.3 is 26.0 Å². The molecule has 3 fully saturated rings. The summed E-state index contributed by atoms with van der Waals surface area (Å²) in [7, 11) is 1.95. The molecule has 1 amide bonds. The number of hydrogen-bond donors (Lipinski definition) is 4. The molecule has 3 rings (SSSR count). The van der Waals surface area contributed by atoms with Crippen LogP contribution < -0.4 is 11.1 Å². The Morgan fingerprint density at radius 3 is 2.60 bits per heavy atom. The summed E-state index contributed by atoms with van der Waals surface area (Å²) in [6, 6.07) is -0.506. The third kappa shape index (κ3) is 3.84. The molecule has 5 N–H and O–H groups in total. The van der Waals surface area contributed by atoms with E-state index >= 15 is 0 Å². The number of hydrogen-bond acceptors (Lipinski definition) is 7. The van der Waals surface area contributed by atoms with Gasteiger partial charge in [-0.2, -0.15) is 0 Å². The molecule has 0 unspecified atom stereocenters. The summed E-state index contributed by atoms with van der Waals surface area (Å²) in [5.74, 6) is -0.126. The molecule has 0 aromatic rings. The average Bonchev–Trinajstić information content (AvgIpc) is 3.14. The highest BCUT2D eigenvalue weighted by Crippen LogP contribution is 2.40. The number of amides is 1. The van der Waals surface area contributed by atoms with E-state index < -0.39 is 18.3 Å². The highest BCUT2D eigenvalue weighted by atomic mass is 32.2. The Bertz CT molecular complexity index is 495. The van der Waals surface area contributed by atoms with Gasteiger partial charge in [-0.05, 0) is 45.0 Å². The quantitative estimate of drug-likeness (QED) is 0.508. The van der Waals surface area contributed by atoms with Crippen LogP contribution in [0.3, 0.4) is 0 Å². The zero-order valence-electron chi connectivity index (χ0n) is 15.2. The van der Waals surface area contributed by atoms with E-state index in [-0.39, 0.29) is 41.3 Å². The van der Waals surface area contributed by atoms with Crippen LogP contribution in [0.25, 0.3) is 0 Å². The number of nitrogens with zero attached hydrogens (tertiary/aromatic N) is 1. The molecule has 25 heavy (non-hydrogen) atoms. The maximum Gasteiger partial charge on any atom is 0.237 e. The van der Waals surface area contributed by atoms with Crippen molar-refractivity contribution in [2.24, 2.45) is 17.6 Å². The van der Waals surface area contributed by atoms with Crippen molar-refractivity contribution in [3.05, 3.63) is 0 Å². The minimum Gasteiger partial charge on any atom is -0.390 e. The minimum atomic E-state index is -1.03. The third-order valence-electron chi connectivity index (χ3n) is 6.02. The first-order valence-corrected chi connectivity index (χ1v) is 10.4. The number of likely N-dealkylation sites (N-methyl/N-ethyl adjacent to an activating group) is 1. The van der Waals surface area contributed by atoms with Crippen LogP contribution in [0.1, 0.15) is 26.2 Å². The van der Waals surface area contributed by atoms with Crippen LogP contribution >= 0.6 is 11.8 Å². The number of nitrogens with two attached hydrogens (primary N) is 1. The van der Waals surface area contributed by atoms with Crippen molar-refractivity contribution in [2.75, 3.05) is 19.8 Å². The predicted octanol–water partition coefficient (Wildman–Crippen LogP) is -0.642. The van der Waals surface area contributed by atoms with E-state index in [1.807, 2.05) is 20.2 Å². The lowest BCUT2D eigenvalue weighted by molar-refractivity contribution is -0.183. The van der Waals surface area contributed by atoms with E-state index in [0.717, 1.165) is 25.8 Å². The lowest BCUT2D eigenvalue weighted by Gasteiger charge is -2.44. The molecule has 7 nitrogen and oxygen atoms in total. The molecular formula is C17H31N3O4S. The van der Waals surface area contributed by atoms with Crippen LogP contribution in [0.15, 0.2) is 0 Å². The summed E-state index contributed by atoms with van der Waals surface area (Å²) < 4.78 is 6.10. The highest BCUT2D eigenvalue weighted by molar-refractivity contribution is 7.99. The van der Waals surface area contributed by atoms with Crippen LogP contribution in [0.4, 0.5) is 0 Å². The van der Waals surface area contributed by atoms with Gasteiger partial charge in [-0.1, -0.05) is 6.92 Å². The van der Waals surface area contributed by atoms with E-state index in [2.05, 4.69) is 10.2 Å². The van der Waals surface area contributed by atoms with Gasteiger partial charge in [0.2, 0.25) is 5.91 Å². The van der Waals surface area contributed by atoms with Crippen LogP contribution in [-0.4, -0.2) is 82.7 Å². The number of likely N-dealkylation sites (tertiary alicyclic amines) is 1. The lowest BCUT2D eigenvalue weighted by atomic mass is 9.88. The summed E-state index contributed by atoms with van der Waals surface area (Å²) >= 11 is 1.51. The molecule has 2 saturated heterocycles. The summed E-state index contributed by atoms with van der Waals surface area (Å²) in [6.45, 7) is 2.79. The van der Waals surface area contributed by atoms with E-state index in [4.69, 9.17) is 10.5 Å². The number of ether oxygens (including phenoxy) is 1. The molecule has 0 aromatic carbocycles. The molecule has 9 atom stereocenters. The van der Waals surface area contributed by atoms with E-state index in [0.29, 0.717) is 0 Å². The Balaban J connectivity index is 1.75. The first-order valence-electron chi connectivity index (χ1n) is 9.15. The molecule has 0 spiro atoms. The smallest absolute Gasteiger partial charge is 0.237 e. The molecule has 3 aliphatic rings. The van der Waals surface area contributed by atoms with Crippen LogP contribution in [-0.2, 0) is 9.53 Å². The zero-order chi connectivity index (χ0) is 18.3. The Morgan fingerprint density at radius 1 is 1.40 bits per heavy atom. The van der Waals surface area contributed by atoms with Crippen LogP contribution in [0, 0.1) is 11.8 Å². The predicted molar refractivity (Wildman–Crippen MR) is 97.0 cm³/mol. The number of aliphatic hydroxyl groups excluding tert-OH is 2. The average molecular weight is 374 g/mol. The van der Waals surface area contributed by atoms with E-state index in [1.165, 1.54) is 11.8 Å².